The Kier molecular flexibility index (Phi) is 6.84. The molecule has 2 aromatic heterocycles. The van der Waals surface area contributed by atoms with Crippen LogP contribution in [0.4, 0.5) is 4.79 Å². The minimum Gasteiger partial charge on any atom is -0.370 e. The Morgan fingerprint density at radius 1 is 1.50 bits per heavy atom. The number of hydrogen-bond acceptors (Lipinski definition) is 7. The van der Waals surface area contributed by atoms with E-state index in [4.69, 9.17) is 9.26 Å². The average Bonchev–Trinajstić information content (AvgIpc) is 3.13. The third-order valence-corrected chi connectivity index (χ3v) is 4.58. The third kappa shape index (κ3) is 5.43. The predicted octanol–water partition coefficient (Wildman–Crippen LogP) is 2.22. The molecule has 2 aromatic rings. The van der Waals surface area contributed by atoms with E-state index in [-0.39, 0.29) is 18.7 Å². The summed E-state index contributed by atoms with van der Waals surface area (Å²) < 4.78 is 11.0. The van der Waals surface area contributed by atoms with Gasteiger partial charge >= 0.3 is 6.03 Å². The first kappa shape index (κ1) is 18.7. The van der Waals surface area contributed by atoms with Crippen molar-refractivity contribution in [1.29, 1.82) is 0 Å². The fourth-order valence-corrected chi connectivity index (χ4v) is 3.13. The fraction of sp³-hybridized carbons (Fsp3) is 0.529. The van der Waals surface area contributed by atoms with Crippen LogP contribution < -0.4 is 5.32 Å². The number of urea groups is 1. The Labute approximate surface area is 156 Å². The Morgan fingerprint density at radius 2 is 2.42 bits per heavy atom. The summed E-state index contributed by atoms with van der Waals surface area (Å²) >= 11 is 1.62. The second kappa shape index (κ2) is 9.54. The monoisotopic (exact) mass is 377 g/mol. The summed E-state index contributed by atoms with van der Waals surface area (Å²) in [4.78, 5) is 22.6. The first-order valence-corrected chi connectivity index (χ1v) is 9.98. The molecule has 1 atom stereocenters. The zero-order chi connectivity index (χ0) is 18.2. The highest BCUT2D eigenvalue weighted by molar-refractivity contribution is 7.97. The number of rotatable bonds is 7. The zero-order valence-corrected chi connectivity index (χ0v) is 15.6. The molecule has 2 amide bonds. The van der Waals surface area contributed by atoms with E-state index in [2.05, 4.69) is 20.4 Å². The quantitative estimate of drug-likeness (QED) is 0.791. The van der Waals surface area contributed by atoms with Gasteiger partial charge < -0.3 is 19.5 Å². The Hall–Kier alpha value is -2.13. The van der Waals surface area contributed by atoms with Gasteiger partial charge in [-0.1, -0.05) is 11.2 Å². The summed E-state index contributed by atoms with van der Waals surface area (Å²) in [5, 5.41) is 6.70. The van der Waals surface area contributed by atoms with Gasteiger partial charge in [-0.25, -0.2) is 4.79 Å². The SMILES string of the molecule is CSCc1noc(CNC(=O)N2CCC[C@@H](OCc3ccccn3)C2)n1. The van der Waals surface area contributed by atoms with Gasteiger partial charge in [-0.15, -0.1) is 0 Å². The number of piperidine rings is 1. The van der Waals surface area contributed by atoms with Crippen molar-refractivity contribution >= 4 is 17.8 Å². The lowest BCUT2D eigenvalue weighted by molar-refractivity contribution is -0.00173. The number of likely N-dealkylation sites (tertiary alicyclic amines) is 1. The van der Waals surface area contributed by atoms with Gasteiger partial charge in [0.15, 0.2) is 5.82 Å². The van der Waals surface area contributed by atoms with Crippen LogP contribution in [0.15, 0.2) is 28.9 Å². The number of thioether (sulfide) groups is 1. The van der Waals surface area contributed by atoms with E-state index in [0.29, 0.717) is 30.6 Å². The van der Waals surface area contributed by atoms with Gasteiger partial charge in [0.2, 0.25) is 5.89 Å². The lowest BCUT2D eigenvalue weighted by atomic mass is 10.1. The number of amides is 2. The van der Waals surface area contributed by atoms with E-state index < -0.39 is 0 Å². The molecule has 9 heteroatoms. The molecule has 1 N–H and O–H groups in total. The molecule has 3 heterocycles. The zero-order valence-electron chi connectivity index (χ0n) is 14.8. The maximum Gasteiger partial charge on any atom is 0.317 e. The second-order valence-electron chi connectivity index (χ2n) is 6.04. The van der Waals surface area contributed by atoms with Crippen LogP contribution in [0, 0.1) is 0 Å². The van der Waals surface area contributed by atoms with Crippen LogP contribution in [-0.4, -0.2) is 51.5 Å². The van der Waals surface area contributed by atoms with Gasteiger partial charge in [0, 0.05) is 19.3 Å². The van der Waals surface area contributed by atoms with Gasteiger partial charge in [-0.2, -0.15) is 16.7 Å². The first-order chi connectivity index (χ1) is 12.7. The molecule has 1 saturated heterocycles. The van der Waals surface area contributed by atoms with E-state index in [1.165, 1.54) is 0 Å². The third-order valence-electron chi connectivity index (χ3n) is 4.03. The minimum atomic E-state index is -0.138. The number of hydrogen-bond donors (Lipinski definition) is 1. The van der Waals surface area contributed by atoms with Crippen molar-refractivity contribution in [2.75, 3.05) is 19.3 Å². The van der Waals surface area contributed by atoms with Crippen LogP contribution in [0.1, 0.15) is 30.3 Å². The number of carbonyl (C=O) groups is 1. The number of aromatic nitrogens is 3. The second-order valence-corrected chi connectivity index (χ2v) is 6.90. The van der Waals surface area contributed by atoms with Crippen molar-refractivity contribution in [3.8, 4) is 0 Å². The molecule has 0 spiro atoms. The van der Waals surface area contributed by atoms with Crippen molar-refractivity contribution in [2.45, 2.75) is 37.9 Å². The standard InChI is InChI=1S/C17H23N5O3S/c1-26-12-15-20-16(25-21-15)9-19-17(23)22-8-4-6-14(10-22)24-11-13-5-2-3-7-18-13/h2-3,5,7,14H,4,6,8-12H2,1H3,(H,19,23)/t14-/m1/s1. The molecule has 140 valence electrons. The van der Waals surface area contributed by atoms with Crippen LogP contribution in [0.2, 0.25) is 0 Å². The average molecular weight is 377 g/mol. The van der Waals surface area contributed by atoms with Gasteiger partial charge in [0.05, 0.1) is 30.7 Å². The predicted molar refractivity (Wildman–Crippen MR) is 97.4 cm³/mol. The largest absolute Gasteiger partial charge is 0.370 e. The molecular formula is C17H23N5O3S. The molecular weight excluding hydrogens is 354 g/mol. The normalized spacial score (nSPS) is 17.3. The van der Waals surface area contributed by atoms with E-state index in [9.17, 15) is 4.79 Å². The Morgan fingerprint density at radius 3 is 3.23 bits per heavy atom. The number of nitrogens with zero attached hydrogens (tertiary/aromatic N) is 4. The summed E-state index contributed by atoms with van der Waals surface area (Å²) in [6.07, 6.45) is 5.60. The summed E-state index contributed by atoms with van der Waals surface area (Å²) in [6, 6.07) is 5.61. The summed E-state index contributed by atoms with van der Waals surface area (Å²) in [6.45, 7) is 1.98. The van der Waals surface area contributed by atoms with E-state index in [1.807, 2.05) is 24.5 Å². The molecule has 1 aliphatic rings. The van der Waals surface area contributed by atoms with E-state index in [1.54, 1.807) is 22.9 Å². The number of pyridine rings is 1. The fourth-order valence-electron chi connectivity index (χ4n) is 2.76. The molecule has 0 aromatic carbocycles. The lowest BCUT2D eigenvalue weighted by Gasteiger charge is -2.32. The van der Waals surface area contributed by atoms with Gasteiger partial charge in [-0.3, -0.25) is 4.98 Å². The molecule has 0 unspecified atom stereocenters. The van der Waals surface area contributed by atoms with Gasteiger partial charge in [0.25, 0.3) is 0 Å². The van der Waals surface area contributed by atoms with Crippen molar-refractivity contribution in [2.24, 2.45) is 0 Å². The van der Waals surface area contributed by atoms with Crippen LogP contribution >= 0.6 is 11.8 Å². The maximum atomic E-state index is 12.4. The molecule has 0 aliphatic carbocycles. The highest BCUT2D eigenvalue weighted by Crippen LogP contribution is 2.15. The number of ether oxygens (including phenoxy) is 1. The van der Waals surface area contributed by atoms with E-state index in [0.717, 1.165) is 25.1 Å². The Balaban J connectivity index is 1.43. The van der Waals surface area contributed by atoms with Crippen LogP contribution in [0.25, 0.3) is 0 Å². The Bertz CT molecular complexity index is 697. The molecule has 0 radical (unpaired) electrons. The van der Waals surface area contributed by atoms with Gasteiger partial charge in [-0.05, 0) is 31.2 Å². The highest BCUT2D eigenvalue weighted by Gasteiger charge is 2.24. The van der Waals surface area contributed by atoms with Gasteiger partial charge in [0.1, 0.15) is 0 Å². The van der Waals surface area contributed by atoms with Crippen molar-refractivity contribution in [3.05, 3.63) is 41.8 Å². The van der Waals surface area contributed by atoms with Crippen molar-refractivity contribution in [1.82, 2.24) is 25.3 Å². The summed E-state index contributed by atoms with van der Waals surface area (Å²) in [5.41, 5.74) is 0.895. The summed E-state index contributed by atoms with van der Waals surface area (Å²) in [7, 11) is 0. The first-order valence-electron chi connectivity index (χ1n) is 8.59. The molecule has 1 fully saturated rings. The lowest BCUT2D eigenvalue weighted by Crippen LogP contribution is -2.47. The topological polar surface area (TPSA) is 93.4 Å². The number of nitrogens with one attached hydrogen (secondary N) is 1. The van der Waals surface area contributed by atoms with Crippen molar-refractivity contribution in [3.63, 3.8) is 0 Å². The molecule has 8 nitrogen and oxygen atoms in total. The van der Waals surface area contributed by atoms with Crippen LogP contribution in [0.5, 0.6) is 0 Å². The molecule has 0 saturated carbocycles. The van der Waals surface area contributed by atoms with E-state index >= 15 is 0 Å². The minimum absolute atomic E-state index is 0.0214. The van der Waals surface area contributed by atoms with Crippen LogP contribution in [-0.2, 0) is 23.6 Å². The highest BCUT2D eigenvalue weighted by atomic mass is 32.2. The number of carbonyl (C=O) groups excluding carboxylic acids is 1. The molecule has 1 aliphatic heterocycles. The maximum absolute atomic E-state index is 12.4. The smallest absolute Gasteiger partial charge is 0.317 e. The molecule has 0 bridgehead atoms. The summed E-state index contributed by atoms with van der Waals surface area (Å²) in [5.74, 6) is 1.75. The van der Waals surface area contributed by atoms with Crippen molar-refractivity contribution < 1.29 is 14.1 Å². The molecule has 26 heavy (non-hydrogen) atoms. The van der Waals surface area contributed by atoms with Crippen LogP contribution in [0.3, 0.4) is 0 Å². The molecule has 3 rings (SSSR count).